The lowest BCUT2D eigenvalue weighted by Crippen LogP contribution is -2.45. The first-order valence-corrected chi connectivity index (χ1v) is 6.49. The summed E-state index contributed by atoms with van der Waals surface area (Å²) in [5.74, 6) is 0.922. The third-order valence-corrected chi connectivity index (χ3v) is 2.88. The zero-order valence-electron chi connectivity index (χ0n) is 10.5. The van der Waals surface area contributed by atoms with Gasteiger partial charge in [-0.2, -0.15) is 0 Å². The molecule has 0 heterocycles. The molecular formula is C12H25N3O. The Balaban J connectivity index is 2.35. The molecule has 1 rings (SSSR count). The minimum atomic E-state index is -0.0896. The molecule has 3 N–H and O–H groups in total. The molecule has 0 bridgehead atoms. The van der Waals surface area contributed by atoms with E-state index in [0.29, 0.717) is 6.04 Å². The van der Waals surface area contributed by atoms with E-state index < -0.39 is 0 Å². The molecule has 0 unspecified atom stereocenters. The monoisotopic (exact) mass is 227 g/mol. The average molecular weight is 227 g/mol. The van der Waals surface area contributed by atoms with Crippen LogP contribution < -0.4 is 10.6 Å². The highest BCUT2D eigenvalue weighted by atomic mass is 16.3. The number of hydrogen-bond donors (Lipinski definition) is 3. The van der Waals surface area contributed by atoms with Crippen LogP contribution >= 0.6 is 0 Å². The van der Waals surface area contributed by atoms with E-state index in [1.165, 1.54) is 0 Å². The maximum absolute atomic E-state index is 9.43. The Hall–Kier alpha value is -0.770. The van der Waals surface area contributed by atoms with Crippen LogP contribution in [0.1, 0.15) is 46.0 Å². The van der Waals surface area contributed by atoms with Crippen LogP contribution in [0.4, 0.5) is 0 Å². The second kappa shape index (κ2) is 7.49. The lowest BCUT2D eigenvalue weighted by atomic mass is 9.93. The maximum Gasteiger partial charge on any atom is 0.191 e. The van der Waals surface area contributed by atoms with Gasteiger partial charge in [0.15, 0.2) is 5.96 Å². The van der Waals surface area contributed by atoms with Gasteiger partial charge in [0.05, 0.1) is 6.10 Å². The summed E-state index contributed by atoms with van der Waals surface area (Å²) in [7, 11) is 0. The predicted octanol–water partition coefficient (Wildman–Crippen LogP) is 1.25. The molecule has 4 nitrogen and oxygen atoms in total. The summed E-state index contributed by atoms with van der Waals surface area (Å²) in [5.41, 5.74) is 0. The van der Waals surface area contributed by atoms with Crippen molar-refractivity contribution in [1.29, 1.82) is 0 Å². The summed E-state index contributed by atoms with van der Waals surface area (Å²) in [4.78, 5) is 4.48. The fourth-order valence-corrected chi connectivity index (χ4v) is 1.96. The molecule has 0 aliphatic heterocycles. The number of aliphatic hydroxyl groups is 1. The van der Waals surface area contributed by atoms with E-state index >= 15 is 0 Å². The van der Waals surface area contributed by atoms with Crippen LogP contribution in [0.2, 0.25) is 0 Å². The molecule has 16 heavy (non-hydrogen) atoms. The molecule has 1 saturated carbocycles. The largest absolute Gasteiger partial charge is 0.393 e. The van der Waals surface area contributed by atoms with Crippen molar-refractivity contribution in [3.05, 3.63) is 0 Å². The maximum atomic E-state index is 9.43. The lowest BCUT2D eigenvalue weighted by Gasteiger charge is -2.27. The van der Waals surface area contributed by atoms with Gasteiger partial charge in [-0.05, 0) is 39.0 Å². The normalized spacial score (nSPS) is 26.6. The Bertz CT molecular complexity index is 210. The number of nitrogens with one attached hydrogen (secondary N) is 2. The Labute approximate surface area is 98.5 Å². The van der Waals surface area contributed by atoms with Gasteiger partial charge in [-0.15, -0.1) is 0 Å². The molecule has 1 aliphatic rings. The predicted molar refractivity (Wildman–Crippen MR) is 67.7 cm³/mol. The van der Waals surface area contributed by atoms with Crippen molar-refractivity contribution in [3.63, 3.8) is 0 Å². The van der Waals surface area contributed by atoms with Gasteiger partial charge in [0.1, 0.15) is 0 Å². The smallest absolute Gasteiger partial charge is 0.191 e. The van der Waals surface area contributed by atoms with Gasteiger partial charge < -0.3 is 15.7 Å². The fraction of sp³-hybridized carbons (Fsp3) is 0.917. The number of nitrogens with zero attached hydrogens (tertiary/aromatic N) is 1. The summed E-state index contributed by atoms with van der Waals surface area (Å²) in [6.07, 6.45) is 4.87. The van der Waals surface area contributed by atoms with Crippen LogP contribution in [0.15, 0.2) is 4.99 Å². The molecule has 0 atom stereocenters. The quantitative estimate of drug-likeness (QED) is 0.500. The lowest BCUT2D eigenvalue weighted by molar-refractivity contribution is 0.120. The molecule has 0 aromatic heterocycles. The van der Waals surface area contributed by atoms with E-state index in [0.717, 1.165) is 51.2 Å². The third kappa shape index (κ3) is 4.84. The number of rotatable bonds is 4. The average Bonchev–Trinajstić information content (AvgIpc) is 2.29. The Morgan fingerprint density at radius 2 is 1.94 bits per heavy atom. The molecule has 1 aliphatic carbocycles. The van der Waals surface area contributed by atoms with E-state index in [9.17, 15) is 5.11 Å². The topological polar surface area (TPSA) is 56.7 Å². The van der Waals surface area contributed by atoms with Gasteiger partial charge in [0, 0.05) is 19.1 Å². The highest BCUT2D eigenvalue weighted by Crippen LogP contribution is 2.18. The van der Waals surface area contributed by atoms with Crippen molar-refractivity contribution in [2.75, 3.05) is 13.1 Å². The van der Waals surface area contributed by atoms with Gasteiger partial charge in [-0.3, -0.25) is 4.99 Å². The van der Waals surface area contributed by atoms with Crippen LogP contribution in [0.5, 0.6) is 0 Å². The zero-order valence-corrected chi connectivity index (χ0v) is 10.5. The van der Waals surface area contributed by atoms with E-state index in [-0.39, 0.29) is 6.10 Å². The summed E-state index contributed by atoms with van der Waals surface area (Å²) in [6.45, 7) is 5.97. The van der Waals surface area contributed by atoms with Crippen LogP contribution in [0.3, 0.4) is 0 Å². The minimum Gasteiger partial charge on any atom is -0.393 e. The molecule has 0 aromatic carbocycles. The molecule has 0 radical (unpaired) electrons. The van der Waals surface area contributed by atoms with Crippen molar-refractivity contribution in [3.8, 4) is 0 Å². The number of aliphatic hydroxyl groups excluding tert-OH is 1. The van der Waals surface area contributed by atoms with E-state index in [2.05, 4.69) is 29.5 Å². The van der Waals surface area contributed by atoms with Crippen LogP contribution in [-0.2, 0) is 0 Å². The fourth-order valence-electron chi connectivity index (χ4n) is 1.96. The van der Waals surface area contributed by atoms with Crippen molar-refractivity contribution >= 4 is 5.96 Å². The highest BCUT2D eigenvalue weighted by molar-refractivity contribution is 5.80. The first-order valence-electron chi connectivity index (χ1n) is 6.49. The third-order valence-electron chi connectivity index (χ3n) is 2.88. The first kappa shape index (κ1) is 13.3. The Morgan fingerprint density at radius 3 is 2.50 bits per heavy atom. The standard InChI is InChI=1S/C12H25N3O/c1-3-9-14-12(13-4-2)15-10-5-7-11(16)8-6-10/h10-11,16H,3-9H2,1-2H3,(H2,13,14,15). The van der Waals surface area contributed by atoms with E-state index in [1.54, 1.807) is 0 Å². The summed E-state index contributed by atoms with van der Waals surface area (Å²) < 4.78 is 0. The van der Waals surface area contributed by atoms with E-state index in [1.807, 2.05) is 0 Å². The van der Waals surface area contributed by atoms with Crippen molar-refractivity contribution in [2.45, 2.75) is 58.1 Å². The van der Waals surface area contributed by atoms with Crippen molar-refractivity contribution < 1.29 is 5.11 Å². The zero-order chi connectivity index (χ0) is 11.8. The summed E-state index contributed by atoms with van der Waals surface area (Å²) in [5, 5.41) is 16.1. The van der Waals surface area contributed by atoms with Crippen LogP contribution in [0, 0.1) is 0 Å². The van der Waals surface area contributed by atoms with Gasteiger partial charge in [-0.25, -0.2) is 0 Å². The van der Waals surface area contributed by atoms with E-state index in [4.69, 9.17) is 0 Å². The first-order chi connectivity index (χ1) is 7.76. The van der Waals surface area contributed by atoms with Gasteiger partial charge in [0.25, 0.3) is 0 Å². The van der Waals surface area contributed by atoms with Crippen molar-refractivity contribution in [2.24, 2.45) is 4.99 Å². The number of hydrogen-bond acceptors (Lipinski definition) is 2. The van der Waals surface area contributed by atoms with Gasteiger partial charge in [-0.1, -0.05) is 6.92 Å². The molecule has 4 heteroatoms. The van der Waals surface area contributed by atoms with Crippen LogP contribution in [0.25, 0.3) is 0 Å². The SMILES string of the molecule is CCCN=C(NCC)NC1CCC(O)CC1. The molecular weight excluding hydrogens is 202 g/mol. The molecule has 1 fully saturated rings. The highest BCUT2D eigenvalue weighted by Gasteiger charge is 2.19. The molecule has 0 spiro atoms. The minimum absolute atomic E-state index is 0.0896. The summed E-state index contributed by atoms with van der Waals surface area (Å²) in [6, 6.07) is 0.470. The molecule has 0 aromatic rings. The Kier molecular flexibility index (Phi) is 6.23. The second-order valence-electron chi connectivity index (χ2n) is 4.41. The van der Waals surface area contributed by atoms with Crippen LogP contribution in [-0.4, -0.2) is 36.3 Å². The van der Waals surface area contributed by atoms with Gasteiger partial charge in [0.2, 0.25) is 0 Å². The summed E-state index contributed by atoms with van der Waals surface area (Å²) >= 11 is 0. The second-order valence-corrected chi connectivity index (χ2v) is 4.41. The molecule has 94 valence electrons. The number of guanidine groups is 1. The molecule has 0 saturated heterocycles. The number of aliphatic imine (C=N–C) groups is 1. The molecule has 0 amide bonds. The van der Waals surface area contributed by atoms with Crippen molar-refractivity contribution in [1.82, 2.24) is 10.6 Å². The van der Waals surface area contributed by atoms with Gasteiger partial charge >= 0.3 is 0 Å². The Morgan fingerprint density at radius 1 is 1.25 bits per heavy atom.